The van der Waals surface area contributed by atoms with Crippen molar-refractivity contribution in [2.24, 2.45) is 0 Å². The third-order valence-corrected chi connectivity index (χ3v) is 19.4. The molecule has 0 aromatic heterocycles. The minimum atomic E-state index is -5.28. The van der Waals surface area contributed by atoms with Gasteiger partial charge in [-0.25, -0.2) is 50.5 Å². The minimum Gasteiger partial charge on any atom is -0.744 e. The molecule has 12 aromatic rings. The first-order valence-corrected chi connectivity index (χ1v) is 32.9. The second kappa shape index (κ2) is 25.3. The predicted molar refractivity (Wildman–Crippen MR) is 308 cm³/mol. The summed E-state index contributed by atoms with van der Waals surface area (Å²) < 4.78 is 216. The van der Waals surface area contributed by atoms with Crippen molar-refractivity contribution in [1.82, 2.24) is 0 Å². The molecular weight excluding hydrogens is 1480 g/mol. The van der Waals surface area contributed by atoms with Crippen molar-refractivity contribution in [3.05, 3.63) is 218 Å². The van der Waals surface area contributed by atoms with Gasteiger partial charge in [0, 0.05) is 16.7 Å². The van der Waals surface area contributed by atoms with Gasteiger partial charge in [-0.15, -0.1) is 0 Å². The quantitative estimate of drug-likeness (QED) is 0.121. The average molecular weight is 1520 g/mol. The fourth-order valence-corrected chi connectivity index (χ4v) is 16.3. The van der Waals surface area contributed by atoms with Crippen LogP contribution in [0.4, 0.5) is 0 Å². The summed E-state index contributed by atoms with van der Waals surface area (Å²) in [6, 6.07) is 58.5. The van der Waals surface area contributed by atoms with Crippen LogP contribution in [-0.4, -0.2) is 77.8 Å². The van der Waals surface area contributed by atoms with Crippen LogP contribution < -0.4 is 0 Å². The zero-order valence-electron chi connectivity index (χ0n) is 43.7. The van der Waals surface area contributed by atoms with Gasteiger partial charge in [-0.1, -0.05) is 200 Å². The molecule has 426 valence electrons. The van der Waals surface area contributed by atoms with E-state index < -0.39 is 90.1 Å². The Morgan fingerprint density at radius 3 is 0.605 bits per heavy atom. The molecule has 12 aromatic carbocycles. The van der Waals surface area contributed by atoms with Crippen LogP contribution in [0.5, 0.6) is 0 Å². The van der Waals surface area contributed by atoms with Crippen LogP contribution in [0, 0.1) is 71.2 Å². The van der Waals surface area contributed by atoms with Crippen molar-refractivity contribution in [3.8, 4) is 33.4 Å². The van der Waals surface area contributed by atoms with Crippen molar-refractivity contribution >= 4 is 125 Å². The summed E-state index contributed by atoms with van der Waals surface area (Å²) >= 11 is 0. The molecule has 12 rings (SSSR count). The fourth-order valence-electron chi connectivity index (χ4n) is 10.3. The van der Waals surface area contributed by atoms with E-state index in [2.05, 4.69) is 0 Å². The van der Waals surface area contributed by atoms with Crippen LogP contribution in [0.25, 0.3) is 98.0 Å². The summed E-state index contributed by atoms with van der Waals surface area (Å²) in [5.41, 5.74) is 0.815. The van der Waals surface area contributed by atoms with Crippen LogP contribution in [-0.2, 0) is 60.7 Å². The molecule has 0 N–H and O–H groups in total. The maximum Gasteiger partial charge on any atom is 3.00 e. The van der Waals surface area contributed by atoms with Gasteiger partial charge in [0.05, 0.1) is 29.4 Å². The molecule has 0 spiro atoms. The van der Waals surface area contributed by atoms with E-state index in [9.17, 15) is 77.8 Å². The molecule has 0 atom stereocenters. The Balaban J connectivity index is 0.000000166. The molecule has 0 aliphatic heterocycles. The summed E-state index contributed by atoms with van der Waals surface area (Å²) in [5, 5.41) is 6.30. The van der Waals surface area contributed by atoms with Gasteiger partial charge in [0.2, 0.25) is 0 Å². The molecule has 0 saturated heterocycles. The summed E-state index contributed by atoms with van der Waals surface area (Å²) in [4.78, 5) is -6.16. The van der Waals surface area contributed by atoms with E-state index in [1.165, 1.54) is 0 Å². The van der Waals surface area contributed by atoms with Crippen molar-refractivity contribution < 1.29 is 149 Å². The van der Waals surface area contributed by atoms with Crippen molar-refractivity contribution in [2.45, 2.75) is 29.4 Å². The SMILES string of the molecule is O=S(=O)([O-])c1cc2ccccc2c(-c2cccc3ccccc23)c1S(=O)(=O)[O-].O=S(=O)([O-])c1cc2ccccc2c(-c2cccc3ccccc23)c1S(=O)(=O)[O-].O=S(=O)([O-])c1cc2ccccc2c(-c2cccc3ccccc23)c1S(=O)(=O)[O-].[La+3].[La+3]. The Bertz CT molecular complexity index is 4900. The summed E-state index contributed by atoms with van der Waals surface area (Å²) in [7, 11) is -31.5. The average Bonchev–Trinajstić information content (AvgIpc) is 1.18. The largest absolute Gasteiger partial charge is 3.00 e. The Labute approximate surface area is 549 Å². The first kappa shape index (κ1) is 66.0. The van der Waals surface area contributed by atoms with Gasteiger partial charge in [-0.3, -0.25) is 0 Å². The van der Waals surface area contributed by atoms with Crippen molar-refractivity contribution in [3.63, 3.8) is 0 Å². The summed E-state index contributed by atoms with van der Waals surface area (Å²) in [5.74, 6) is 0. The van der Waals surface area contributed by atoms with Gasteiger partial charge in [0.15, 0.2) is 0 Å². The third-order valence-electron chi connectivity index (χ3n) is 13.6. The van der Waals surface area contributed by atoms with Crippen LogP contribution in [0.15, 0.2) is 248 Å². The van der Waals surface area contributed by atoms with Crippen molar-refractivity contribution in [2.75, 3.05) is 0 Å². The number of hydrogen-bond acceptors (Lipinski definition) is 18. The maximum atomic E-state index is 12.1. The van der Waals surface area contributed by atoms with E-state index in [4.69, 9.17) is 0 Å². The predicted octanol–water partition coefficient (Wildman–Crippen LogP) is 10.4. The van der Waals surface area contributed by atoms with Crippen molar-refractivity contribution in [1.29, 1.82) is 0 Å². The first-order valence-electron chi connectivity index (χ1n) is 24.4. The smallest absolute Gasteiger partial charge is 0.744 e. The second-order valence-corrected chi connectivity index (χ2v) is 26.7. The molecule has 0 fully saturated rings. The Hall–Kier alpha value is -5.95. The minimum absolute atomic E-state index is 0. The molecule has 0 bridgehead atoms. The number of hydrogen-bond donors (Lipinski definition) is 0. The van der Waals surface area contributed by atoms with E-state index in [-0.39, 0.29) is 87.9 Å². The zero-order valence-corrected chi connectivity index (χ0v) is 55.9. The Kier molecular flexibility index (Phi) is 19.4. The Morgan fingerprint density at radius 2 is 0.395 bits per heavy atom. The van der Waals surface area contributed by atoms with Gasteiger partial charge >= 0.3 is 71.2 Å². The standard InChI is InChI=1S/3C20H14O6S2.2La/c3*21-27(22,23)18-12-14-7-2-4-10-16(14)19(20(18)28(24,25)26)17-11-5-8-13-6-1-3-9-15(13)17;;/h3*1-12H,(H,21,22,23)(H,24,25,26);;/q;;;2*+3/p-6. The zero-order chi connectivity index (χ0) is 60.3. The number of benzene rings is 12. The molecule has 0 heterocycles. The normalized spacial score (nSPS) is 12.2. The van der Waals surface area contributed by atoms with E-state index in [1.807, 2.05) is 0 Å². The fraction of sp³-hybridized carbons (Fsp3) is 0. The molecular formula is C60H36La2O18S6. The topological polar surface area (TPSA) is 343 Å². The molecule has 18 nitrogen and oxygen atoms in total. The summed E-state index contributed by atoms with van der Waals surface area (Å²) in [6.45, 7) is 0. The van der Waals surface area contributed by atoms with Gasteiger partial charge in [0.25, 0.3) is 0 Å². The molecule has 0 aliphatic rings. The number of fused-ring (bicyclic) bond motifs is 6. The van der Waals surface area contributed by atoms with Gasteiger partial charge < -0.3 is 27.3 Å². The molecule has 26 heteroatoms. The van der Waals surface area contributed by atoms with Gasteiger partial charge in [-0.2, -0.15) is 0 Å². The van der Waals surface area contributed by atoms with Gasteiger partial charge in [0.1, 0.15) is 60.7 Å². The van der Waals surface area contributed by atoms with Crippen LogP contribution in [0.2, 0.25) is 0 Å². The van der Waals surface area contributed by atoms with Gasteiger partial charge in [-0.05, 0) is 99.5 Å². The van der Waals surface area contributed by atoms with E-state index in [0.29, 0.717) is 65.2 Å². The Morgan fingerprint density at radius 1 is 0.209 bits per heavy atom. The second-order valence-electron chi connectivity index (χ2n) is 18.7. The molecule has 0 saturated carbocycles. The maximum absolute atomic E-state index is 12.1. The van der Waals surface area contributed by atoms with E-state index in [0.717, 1.165) is 34.4 Å². The summed E-state index contributed by atoms with van der Waals surface area (Å²) in [6.07, 6.45) is 0. The van der Waals surface area contributed by atoms with E-state index >= 15 is 0 Å². The molecule has 0 amide bonds. The molecule has 86 heavy (non-hydrogen) atoms. The van der Waals surface area contributed by atoms with E-state index in [1.54, 1.807) is 200 Å². The number of rotatable bonds is 9. The van der Waals surface area contributed by atoms with Crippen LogP contribution >= 0.6 is 0 Å². The third kappa shape index (κ3) is 13.4. The molecule has 0 radical (unpaired) electrons. The van der Waals surface area contributed by atoms with Crippen LogP contribution in [0.3, 0.4) is 0 Å². The monoisotopic (exact) mass is 1510 g/mol. The molecule has 0 aliphatic carbocycles. The van der Waals surface area contributed by atoms with Crippen LogP contribution in [0.1, 0.15) is 0 Å². The first-order chi connectivity index (χ1) is 39.5. The molecule has 0 unspecified atom stereocenters.